The van der Waals surface area contributed by atoms with Crippen LogP contribution >= 0.6 is 0 Å². The number of benzene rings is 1. The van der Waals surface area contributed by atoms with Crippen LogP contribution in [0.3, 0.4) is 0 Å². The molecule has 0 fully saturated rings. The number of carbonyl (C=O) groups is 2. The van der Waals surface area contributed by atoms with Crippen molar-refractivity contribution in [1.29, 1.82) is 0 Å². The Morgan fingerprint density at radius 3 is 2.41 bits per heavy atom. The summed E-state index contributed by atoms with van der Waals surface area (Å²) in [4.78, 5) is 24.7. The number of halogens is 3. The quantitative estimate of drug-likeness (QED) is 0.574. The molecule has 0 aromatic heterocycles. The number of carbonyl (C=O) groups excluding carboxylic acids is 2. The summed E-state index contributed by atoms with van der Waals surface area (Å²) in [6, 6.07) is 1.59. The molecule has 0 aliphatic rings. The standard InChI is InChI=1S/C15H18F3NO3/c1-3-4-8-19(9-7-12(20)22-2)15(21)10-5-6-11(16)14(18)13(10)17/h5-6H,3-4,7-9H2,1-2H3. The van der Waals surface area contributed by atoms with Gasteiger partial charge in [0.05, 0.1) is 19.1 Å². The fourth-order valence-corrected chi connectivity index (χ4v) is 1.85. The molecule has 0 radical (unpaired) electrons. The lowest BCUT2D eigenvalue weighted by Gasteiger charge is -2.22. The van der Waals surface area contributed by atoms with Gasteiger partial charge in [0.25, 0.3) is 5.91 Å². The van der Waals surface area contributed by atoms with Crippen molar-refractivity contribution in [2.24, 2.45) is 0 Å². The van der Waals surface area contributed by atoms with Gasteiger partial charge < -0.3 is 9.64 Å². The highest BCUT2D eigenvalue weighted by atomic mass is 19.2. The normalized spacial score (nSPS) is 10.4. The van der Waals surface area contributed by atoms with E-state index in [9.17, 15) is 22.8 Å². The average Bonchev–Trinajstić information content (AvgIpc) is 2.52. The Balaban J connectivity index is 2.95. The van der Waals surface area contributed by atoms with Crippen LogP contribution in [0.4, 0.5) is 13.2 Å². The van der Waals surface area contributed by atoms with Crippen molar-refractivity contribution in [2.75, 3.05) is 20.2 Å². The van der Waals surface area contributed by atoms with Crippen LogP contribution in [-0.2, 0) is 9.53 Å². The van der Waals surface area contributed by atoms with Gasteiger partial charge in [-0.25, -0.2) is 13.2 Å². The summed E-state index contributed by atoms with van der Waals surface area (Å²) in [7, 11) is 1.22. The summed E-state index contributed by atoms with van der Waals surface area (Å²) >= 11 is 0. The van der Waals surface area contributed by atoms with Crippen molar-refractivity contribution >= 4 is 11.9 Å². The van der Waals surface area contributed by atoms with Crippen LogP contribution in [0.1, 0.15) is 36.5 Å². The van der Waals surface area contributed by atoms with Crippen LogP contribution in [-0.4, -0.2) is 37.0 Å². The highest BCUT2D eigenvalue weighted by Crippen LogP contribution is 2.17. The first-order valence-corrected chi connectivity index (χ1v) is 6.91. The van der Waals surface area contributed by atoms with Gasteiger partial charge >= 0.3 is 5.97 Å². The molecule has 22 heavy (non-hydrogen) atoms. The van der Waals surface area contributed by atoms with Gasteiger partial charge in [0.15, 0.2) is 17.5 Å². The van der Waals surface area contributed by atoms with Gasteiger partial charge in [-0.05, 0) is 18.6 Å². The molecule has 7 heteroatoms. The molecule has 0 atom stereocenters. The average molecular weight is 317 g/mol. The Labute approximate surface area is 126 Å². The smallest absolute Gasteiger partial charge is 0.307 e. The van der Waals surface area contributed by atoms with Crippen LogP contribution in [0.2, 0.25) is 0 Å². The highest BCUT2D eigenvalue weighted by molar-refractivity contribution is 5.94. The zero-order chi connectivity index (χ0) is 16.7. The number of hydrogen-bond donors (Lipinski definition) is 0. The third-order valence-electron chi connectivity index (χ3n) is 3.15. The van der Waals surface area contributed by atoms with Crippen molar-refractivity contribution in [3.05, 3.63) is 35.1 Å². The number of rotatable bonds is 7. The van der Waals surface area contributed by atoms with Gasteiger partial charge in [0, 0.05) is 13.1 Å². The van der Waals surface area contributed by atoms with E-state index in [2.05, 4.69) is 4.74 Å². The molecule has 4 nitrogen and oxygen atoms in total. The maximum absolute atomic E-state index is 13.7. The Morgan fingerprint density at radius 2 is 1.82 bits per heavy atom. The van der Waals surface area contributed by atoms with E-state index in [1.54, 1.807) is 0 Å². The number of methoxy groups -OCH3 is 1. The molecule has 0 heterocycles. The number of esters is 1. The van der Waals surface area contributed by atoms with Crippen LogP contribution in [0, 0.1) is 17.5 Å². The predicted octanol–water partition coefficient (Wildman–Crippen LogP) is 2.91. The molecular weight excluding hydrogens is 299 g/mol. The zero-order valence-electron chi connectivity index (χ0n) is 12.5. The second-order valence-corrected chi connectivity index (χ2v) is 4.69. The maximum atomic E-state index is 13.7. The van der Waals surface area contributed by atoms with Crippen molar-refractivity contribution in [3.8, 4) is 0 Å². The first-order chi connectivity index (χ1) is 10.4. The lowest BCUT2D eigenvalue weighted by atomic mass is 10.1. The third-order valence-corrected chi connectivity index (χ3v) is 3.15. The summed E-state index contributed by atoms with van der Waals surface area (Å²) in [5, 5.41) is 0. The molecule has 0 bridgehead atoms. The van der Waals surface area contributed by atoms with Gasteiger partial charge in [-0.3, -0.25) is 9.59 Å². The van der Waals surface area contributed by atoms with Crippen molar-refractivity contribution in [1.82, 2.24) is 4.90 Å². The van der Waals surface area contributed by atoms with Gasteiger partial charge in [-0.1, -0.05) is 13.3 Å². The van der Waals surface area contributed by atoms with E-state index in [0.717, 1.165) is 12.5 Å². The second kappa shape index (κ2) is 8.41. The summed E-state index contributed by atoms with van der Waals surface area (Å²) in [5.74, 6) is -5.86. The summed E-state index contributed by atoms with van der Waals surface area (Å²) in [6.45, 7) is 2.20. The molecular formula is C15H18F3NO3. The molecule has 1 aromatic rings. The van der Waals surface area contributed by atoms with Crippen LogP contribution in [0.5, 0.6) is 0 Å². The molecule has 0 spiro atoms. The van der Waals surface area contributed by atoms with E-state index in [0.29, 0.717) is 12.5 Å². The van der Waals surface area contributed by atoms with Gasteiger partial charge in [-0.2, -0.15) is 0 Å². The fraction of sp³-hybridized carbons (Fsp3) is 0.467. The minimum Gasteiger partial charge on any atom is -0.469 e. The lowest BCUT2D eigenvalue weighted by Crippen LogP contribution is -2.34. The van der Waals surface area contributed by atoms with Crippen molar-refractivity contribution in [2.45, 2.75) is 26.2 Å². The maximum Gasteiger partial charge on any atom is 0.307 e. The number of unbranched alkanes of at least 4 members (excludes halogenated alkanes) is 1. The number of nitrogens with zero attached hydrogens (tertiary/aromatic N) is 1. The zero-order valence-corrected chi connectivity index (χ0v) is 12.5. The topological polar surface area (TPSA) is 46.6 Å². The molecule has 0 N–H and O–H groups in total. The van der Waals surface area contributed by atoms with Crippen LogP contribution in [0.15, 0.2) is 12.1 Å². The van der Waals surface area contributed by atoms with E-state index in [-0.39, 0.29) is 19.5 Å². The minimum absolute atomic E-state index is 0.0178. The van der Waals surface area contributed by atoms with E-state index in [4.69, 9.17) is 0 Å². The molecule has 0 aliphatic carbocycles. The molecule has 0 saturated heterocycles. The molecule has 1 amide bonds. The Hall–Kier alpha value is -2.05. The van der Waals surface area contributed by atoms with Crippen LogP contribution in [0.25, 0.3) is 0 Å². The molecule has 122 valence electrons. The largest absolute Gasteiger partial charge is 0.469 e. The van der Waals surface area contributed by atoms with Crippen LogP contribution < -0.4 is 0 Å². The number of ether oxygens (including phenoxy) is 1. The predicted molar refractivity (Wildman–Crippen MR) is 73.8 cm³/mol. The SMILES string of the molecule is CCCCN(CCC(=O)OC)C(=O)c1ccc(F)c(F)c1F. The number of amides is 1. The summed E-state index contributed by atoms with van der Waals surface area (Å²) in [5.41, 5.74) is -0.556. The molecule has 0 unspecified atom stereocenters. The highest BCUT2D eigenvalue weighted by Gasteiger charge is 2.23. The molecule has 1 aromatic carbocycles. The van der Waals surface area contributed by atoms with Gasteiger partial charge in [0.2, 0.25) is 0 Å². The number of hydrogen-bond acceptors (Lipinski definition) is 3. The minimum atomic E-state index is -1.69. The van der Waals surface area contributed by atoms with Gasteiger partial charge in [0.1, 0.15) is 0 Å². The van der Waals surface area contributed by atoms with E-state index < -0.39 is 34.9 Å². The molecule has 0 aliphatic heterocycles. The van der Waals surface area contributed by atoms with E-state index in [1.165, 1.54) is 12.0 Å². The Morgan fingerprint density at radius 1 is 1.14 bits per heavy atom. The van der Waals surface area contributed by atoms with E-state index >= 15 is 0 Å². The monoisotopic (exact) mass is 317 g/mol. The first-order valence-electron chi connectivity index (χ1n) is 6.91. The lowest BCUT2D eigenvalue weighted by molar-refractivity contribution is -0.140. The molecule has 1 rings (SSSR count). The van der Waals surface area contributed by atoms with Crippen molar-refractivity contribution < 1.29 is 27.5 Å². The first kappa shape index (κ1) is 18.0. The van der Waals surface area contributed by atoms with Gasteiger partial charge in [-0.15, -0.1) is 0 Å². The Bertz CT molecular complexity index is 549. The summed E-state index contributed by atoms with van der Waals surface area (Å²) < 4.78 is 44.4. The summed E-state index contributed by atoms with van der Waals surface area (Å²) in [6.07, 6.45) is 1.36. The van der Waals surface area contributed by atoms with Crippen molar-refractivity contribution in [3.63, 3.8) is 0 Å². The third kappa shape index (κ3) is 4.47. The molecule has 0 saturated carbocycles. The Kier molecular flexibility index (Phi) is 6.88. The fourth-order valence-electron chi connectivity index (χ4n) is 1.85. The van der Waals surface area contributed by atoms with E-state index in [1.807, 2.05) is 6.92 Å². The second-order valence-electron chi connectivity index (χ2n) is 4.69.